The minimum Gasteiger partial charge on any atom is -0.352 e. The van der Waals surface area contributed by atoms with E-state index >= 15 is 0 Å². The van der Waals surface area contributed by atoms with Crippen LogP contribution in [-0.4, -0.2) is 28.8 Å². The second-order valence-corrected chi connectivity index (χ2v) is 8.25. The third-order valence-corrected chi connectivity index (χ3v) is 5.30. The average Bonchev–Trinajstić information content (AvgIpc) is 2.79. The Kier molecular flexibility index (Phi) is 8.30. The summed E-state index contributed by atoms with van der Waals surface area (Å²) in [5.74, 6) is -1.76. The van der Waals surface area contributed by atoms with E-state index in [2.05, 4.69) is 5.32 Å². The van der Waals surface area contributed by atoms with Crippen LogP contribution in [-0.2, 0) is 29.0 Å². The maximum Gasteiger partial charge on any atom is 0.243 e. The van der Waals surface area contributed by atoms with E-state index in [0.717, 1.165) is 5.56 Å². The molecule has 3 aromatic carbocycles. The van der Waals surface area contributed by atoms with Crippen LogP contribution < -0.4 is 5.32 Å². The summed E-state index contributed by atoms with van der Waals surface area (Å²) in [5.41, 5.74) is 1.37. The highest BCUT2D eigenvalue weighted by Crippen LogP contribution is 2.19. The summed E-state index contributed by atoms with van der Waals surface area (Å²) >= 11 is 0. The molecule has 33 heavy (non-hydrogen) atoms. The Morgan fingerprint density at radius 3 is 1.94 bits per heavy atom. The normalized spacial score (nSPS) is 11.8. The topological polar surface area (TPSA) is 49.4 Å². The molecule has 0 unspecified atom stereocenters. The van der Waals surface area contributed by atoms with Crippen molar-refractivity contribution in [3.8, 4) is 0 Å². The van der Waals surface area contributed by atoms with Gasteiger partial charge in [0.15, 0.2) is 0 Å². The lowest BCUT2D eigenvalue weighted by atomic mass is 10.0. The van der Waals surface area contributed by atoms with E-state index in [1.54, 1.807) is 30.3 Å². The van der Waals surface area contributed by atoms with Crippen LogP contribution in [0.15, 0.2) is 78.9 Å². The highest BCUT2D eigenvalue weighted by atomic mass is 19.1. The SMILES string of the molecule is CC(C)NC(=O)[C@H](Cc1ccccc1)N(Cc1ccccc1F)C(=O)Cc1ccccc1F. The van der Waals surface area contributed by atoms with Crippen LogP contribution in [0.1, 0.15) is 30.5 Å². The van der Waals surface area contributed by atoms with Gasteiger partial charge in [-0.2, -0.15) is 0 Å². The van der Waals surface area contributed by atoms with Gasteiger partial charge >= 0.3 is 0 Å². The number of carbonyl (C=O) groups is 2. The molecule has 0 saturated carbocycles. The van der Waals surface area contributed by atoms with Crippen LogP contribution in [0.25, 0.3) is 0 Å². The molecule has 3 rings (SSSR count). The summed E-state index contributed by atoms with van der Waals surface area (Å²) in [7, 11) is 0. The Hall–Kier alpha value is -3.54. The lowest BCUT2D eigenvalue weighted by Crippen LogP contribution is -2.52. The third-order valence-electron chi connectivity index (χ3n) is 5.30. The molecule has 0 heterocycles. The van der Waals surface area contributed by atoms with E-state index in [0.29, 0.717) is 0 Å². The van der Waals surface area contributed by atoms with Gasteiger partial charge in [0.05, 0.1) is 6.42 Å². The van der Waals surface area contributed by atoms with Crippen molar-refractivity contribution in [2.45, 2.75) is 45.3 Å². The molecule has 0 aliphatic heterocycles. The number of benzene rings is 3. The molecule has 0 aliphatic rings. The summed E-state index contributed by atoms with van der Waals surface area (Å²) in [5, 5.41) is 2.87. The highest BCUT2D eigenvalue weighted by Gasteiger charge is 2.31. The number of hydrogen-bond donors (Lipinski definition) is 1. The van der Waals surface area contributed by atoms with Crippen molar-refractivity contribution in [3.63, 3.8) is 0 Å². The van der Waals surface area contributed by atoms with Crippen LogP contribution in [0.3, 0.4) is 0 Å². The van der Waals surface area contributed by atoms with Gasteiger partial charge in [-0.25, -0.2) is 8.78 Å². The Balaban J connectivity index is 1.99. The van der Waals surface area contributed by atoms with Gasteiger partial charge in [-0.3, -0.25) is 9.59 Å². The number of halogens is 2. The second kappa shape index (κ2) is 11.4. The van der Waals surface area contributed by atoms with Gasteiger partial charge in [-0.05, 0) is 37.1 Å². The Morgan fingerprint density at radius 2 is 1.36 bits per heavy atom. The molecule has 0 bridgehead atoms. The van der Waals surface area contributed by atoms with Crippen LogP contribution >= 0.6 is 0 Å². The van der Waals surface area contributed by atoms with E-state index in [4.69, 9.17) is 0 Å². The van der Waals surface area contributed by atoms with Crippen molar-refractivity contribution in [1.82, 2.24) is 10.2 Å². The predicted octanol–water partition coefficient (Wildman–Crippen LogP) is 4.67. The molecule has 4 nitrogen and oxygen atoms in total. The number of nitrogens with one attached hydrogen (secondary N) is 1. The van der Waals surface area contributed by atoms with Gasteiger partial charge in [0.25, 0.3) is 0 Å². The first-order valence-corrected chi connectivity index (χ1v) is 11.0. The maximum absolute atomic E-state index is 14.5. The van der Waals surface area contributed by atoms with Gasteiger partial charge in [0.1, 0.15) is 17.7 Å². The summed E-state index contributed by atoms with van der Waals surface area (Å²) in [4.78, 5) is 28.0. The van der Waals surface area contributed by atoms with Crippen molar-refractivity contribution in [2.24, 2.45) is 0 Å². The third kappa shape index (κ3) is 6.72. The molecule has 1 atom stereocenters. The number of hydrogen-bond acceptors (Lipinski definition) is 2. The molecule has 0 aliphatic carbocycles. The Labute approximate surface area is 193 Å². The molecule has 0 radical (unpaired) electrons. The van der Waals surface area contributed by atoms with Gasteiger partial charge in [-0.1, -0.05) is 66.7 Å². The standard InChI is InChI=1S/C27H28F2N2O2/c1-19(2)30-27(33)25(16-20-10-4-3-5-11-20)31(18-22-13-7-9-15-24(22)29)26(32)17-21-12-6-8-14-23(21)28/h3-15,19,25H,16-18H2,1-2H3,(H,30,33)/t25-/m0/s1. The average molecular weight is 451 g/mol. The monoisotopic (exact) mass is 450 g/mol. The molecule has 0 spiro atoms. The fourth-order valence-corrected chi connectivity index (χ4v) is 3.65. The molecule has 1 N–H and O–H groups in total. The number of rotatable bonds is 9. The first-order chi connectivity index (χ1) is 15.8. The molecule has 2 amide bonds. The molecule has 0 saturated heterocycles. The molecule has 3 aromatic rings. The van der Waals surface area contributed by atoms with Gasteiger partial charge in [-0.15, -0.1) is 0 Å². The van der Waals surface area contributed by atoms with Crippen molar-refractivity contribution in [2.75, 3.05) is 0 Å². The fourth-order valence-electron chi connectivity index (χ4n) is 3.65. The minimum absolute atomic E-state index is 0.108. The lowest BCUT2D eigenvalue weighted by molar-refractivity contribution is -0.141. The first-order valence-electron chi connectivity index (χ1n) is 11.0. The minimum atomic E-state index is -0.895. The quantitative estimate of drug-likeness (QED) is 0.515. The van der Waals surface area contributed by atoms with E-state index < -0.39 is 23.6 Å². The van der Waals surface area contributed by atoms with Gasteiger partial charge < -0.3 is 10.2 Å². The maximum atomic E-state index is 14.5. The zero-order valence-corrected chi connectivity index (χ0v) is 18.8. The molecule has 172 valence electrons. The number of nitrogens with zero attached hydrogens (tertiary/aromatic N) is 1. The second-order valence-electron chi connectivity index (χ2n) is 8.25. The fraction of sp³-hybridized carbons (Fsp3) is 0.259. The Morgan fingerprint density at radius 1 is 0.818 bits per heavy atom. The Bertz CT molecular complexity index is 1090. The van der Waals surface area contributed by atoms with E-state index in [1.165, 1.54) is 23.1 Å². The summed E-state index contributed by atoms with van der Waals surface area (Å²) in [6.07, 6.45) is 0.0121. The van der Waals surface area contributed by atoms with Gasteiger partial charge in [0.2, 0.25) is 11.8 Å². The lowest BCUT2D eigenvalue weighted by Gasteiger charge is -2.32. The van der Waals surface area contributed by atoms with Crippen molar-refractivity contribution in [3.05, 3.63) is 107 Å². The van der Waals surface area contributed by atoms with Crippen LogP contribution in [0.4, 0.5) is 8.78 Å². The number of carbonyl (C=O) groups excluding carboxylic acids is 2. The zero-order valence-electron chi connectivity index (χ0n) is 18.8. The van der Waals surface area contributed by atoms with Crippen molar-refractivity contribution >= 4 is 11.8 Å². The smallest absolute Gasteiger partial charge is 0.243 e. The summed E-state index contributed by atoms with van der Waals surface area (Å²) in [6, 6.07) is 20.5. The molecule has 0 aromatic heterocycles. The largest absolute Gasteiger partial charge is 0.352 e. The van der Waals surface area contributed by atoms with Crippen molar-refractivity contribution in [1.29, 1.82) is 0 Å². The van der Waals surface area contributed by atoms with E-state index in [1.807, 2.05) is 44.2 Å². The molecular weight excluding hydrogens is 422 g/mol. The summed E-state index contributed by atoms with van der Waals surface area (Å²) < 4.78 is 28.8. The van der Waals surface area contributed by atoms with Gasteiger partial charge in [0, 0.05) is 24.6 Å². The zero-order chi connectivity index (χ0) is 23.8. The summed E-state index contributed by atoms with van der Waals surface area (Å²) in [6.45, 7) is 3.56. The molecule has 6 heteroatoms. The molecule has 0 fully saturated rings. The van der Waals surface area contributed by atoms with E-state index in [9.17, 15) is 18.4 Å². The van der Waals surface area contributed by atoms with Crippen LogP contribution in [0, 0.1) is 11.6 Å². The number of amides is 2. The first kappa shape index (κ1) is 24.1. The predicted molar refractivity (Wildman–Crippen MR) is 124 cm³/mol. The van der Waals surface area contributed by atoms with E-state index in [-0.39, 0.29) is 42.5 Å². The highest BCUT2D eigenvalue weighted by molar-refractivity contribution is 5.89. The van der Waals surface area contributed by atoms with Crippen molar-refractivity contribution < 1.29 is 18.4 Å². The van der Waals surface area contributed by atoms with Crippen LogP contribution in [0.2, 0.25) is 0 Å². The van der Waals surface area contributed by atoms with Crippen LogP contribution in [0.5, 0.6) is 0 Å². The molecular formula is C27H28F2N2O2.